The van der Waals surface area contributed by atoms with Gasteiger partial charge in [-0.05, 0) is 0 Å². The van der Waals surface area contributed by atoms with Crippen molar-refractivity contribution in [3.8, 4) is 0 Å². The average Bonchev–Trinajstić information content (AvgIpc) is 2.08. The molecule has 0 aromatic rings. The normalized spacial score (nSPS) is 49.2. The second kappa shape index (κ2) is 4.17. The summed E-state index contributed by atoms with van der Waals surface area (Å²) < 4.78 is 5.06. The Morgan fingerprint density at radius 2 is 1.67 bits per heavy atom. The van der Waals surface area contributed by atoms with E-state index in [4.69, 9.17) is 4.74 Å². The van der Waals surface area contributed by atoms with Crippen molar-refractivity contribution in [3.05, 3.63) is 0 Å². The first-order valence-corrected chi connectivity index (χ1v) is 4.71. The molecular formula is C6H12O4S2. The molecule has 0 bridgehead atoms. The maximum Gasteiger partial charge on any atom is 0.129 e. The molecule has 1 saturated heterocycles. The molecule has 3 unspecified atom stereocenters. The molecule has 0 aromatic heterocycles. The summed E-state index contributed by atoms with van der Waals surface area (Å²) in [6.45, 7) is 0. The van der Waals surface area contributed by atoms with Gasteiger partial charge in [0.1, 0.15) is 23.7 Å². The van der Waals surface area contributed by atoms with Gasteiger partial charge < -0.3 is 20.1 Å². The van der Waals surface area contributed by atoms with Crippen LogP contribution in [0.4, 0.5) is 0 Å². The molecule has 0 spiro atoms. The number of rotatable bonds is 1. The molecule has 3 N–H and O–H groups in total. The summed E-state index contributed by atoms with van der Waals surface area (Å²) >= 11 is 7.81. The van der Waals surface area contributed by atoms with Gasteiger partial charge in [0.2, 0.25) is 0 Å². The van der Waals surface area contributed by atoms with Crippen LogP contribution in [0.1, 0.15) is 0 Å². The van der Waals surface area contributed by atoms with Crippen LogP contribution in [0.5, 0.6) is 0 Å². The molecule has 1 fully saturated rings. The summed E-state index contributed by atoms with van der Waals surface area (Å²) in [5.74, 6) is 0.280. The number of aliphatic hydroxyl groups is 3. The zero-order valence-corrected chi connectivity index (χ0v) is 8.03. The molecule has 4 nitrogen and oxygen atoms in total. The Labute approximate surface area is 81.4 Å². The Bertz CT molecular complexity index is 152. The van der Waals surface area contributed by atoms with Gasteiger partial charge >= 0.3 is 0 Å². The van der Waals surface area contributed by atoms with Crippen molar-refractivity contribution in [2.45, 2.75) is 29.9 Å². The highest BCUT2D eigenvalue weighted by molar-refractivity contribution is 7.81. The van der Waals surface area contributed by atoms with Gasteiger partial charge in [0, 0.05) is 5.75 Å². The molecule has 12 heavy (non-hydrogen) atoms. The molecule has 72 valence electrons. The zero-order chi connectivity index (χ0) is 9.30. The highest BCUT2D eigenvalue weighted by Crippen LogP contribution is 2.23. The van der Waals surface area contributed by atoms with Crippen LogP contribution in [-0.2, 0) is 4.74 Å². The fraction of sp³-hybridized carbons (Fsp3) is 1.00. The lowest BCUT2D eigenvalue weighted by Crippen LogP contribution is -2.56. The molecule has 0 radical (unpaired) electrons. The van der Waals surface area contributed by atoms with Gasteiger partial charge in [-0.3, -0.25) is 0 Å². The predicted molar refractivity (Wildman–Crippen MR) is 49.5 cm³/mol. The van der Waals surface area contributed by atoms with Gasteiger partial charge in [-0.25, -0.2) is 0 Å². The summed E-state index contributed by atoms with van der Waals surface area (Å²) in [7, 11) is 0. The van der Waals surface area contributed by atoms with E-state index in [0.29, 0.717) is 0 Å². The van der Waals surface area contributed by atoms with Gasteiger partial charge in [0.15, 0.2) is 0 Å². The third-order valence-corrected chi connectivity index (χ3v) is 2.65. The lowest BCUT2D eigenvalue weighted by molar-refractivity contribution is -0.190. The van der Waals surface area contributed by atoms with Crippen LogP contribution in [0.15, 0.2) is 0 Å². The fourth-order valence-corrected chi connectivity index (χ4v) is 1.72. The first-order valence-electron chi connectivity index (χ1n) is 3.56. The average molecular weight is 212 g/mol. The zero-order valence-electron chi connectivity index (χ0n) is 6.24. The van der Waals surface area contributed by atoms with Crippen molar-refractivity contribution >= 4 is 25.3 Å². The predicted octanol–water partition coefficient (Wildman–Crippen LogP) is -1.35. The van der Waals surface area contributed by atoms with E-state index >= 15 is 0 Å². The molecule has 0 aliphatic carbocycles. The lowest BCUT2D eigenvalue weighted by Gasteiger charge is -2.38. The Kier molecular flexibility index (Phi) is 3.69. The molecular weight excluding hydrogens is 200 g/mol. The van der Waals surface area contributed by atoms with Crippen LogP contribution >= 0.6 is 25.3 Å². The number of thiol groups is 2. The van der Waals surface area contributed by atoms with E-state index in [9.17, 15) is 15.3 Å². The van der Waals surface area contributed by atoms with Crippen LogP contribution in [0, 0.1) is 0 Å². The van der Waals surface area contributed by atoms with Gasteiger partial charge in [0.05, 0.1) is 6.10 Å². The van der Waals surface area contributed by atoms with Crippen LogP contribution in [0.25, 0.3) is 0 Å². The summed E-state index contributed by atoms with van der Waals surface area (Å²) in [4.78, 5) is 0. The minimum atomic E-state index is -1.21. The van der Waals surface area contributed by atoms with Crippen LogP contribution in [0.2, 0.25) is 0 Å². The van der Waals surface area contributed by atoms with E-state index in [-0.39, 0.29) is 5.75 Å². The second-order valence-corrected chi connectivity index (χ2v) is 3.59. The molecule has 5 atom stereocenters. The minimum absolute atomic E-state index is 0.280. The number of hydrogen-bond acceptors (Lipinski definition) is 6. The van der Waals surface area contributed by atoms with Crippen LogP contribution in [-0.4, -0.2) is 50.9 Å². The summed E-state index contributed by atoms with van der Waals surface area (Å²) in [5, 5.41) is 27.8. The van der Waals surface area contributed by atoms with Gasteiger partial charge in [-0.15, -0.1) is 12.6 Å². The summed E-state index contributed by atoms with van der Waals surface area (Å²) in [6, 6.07) is 0. The Hall–Kier alpha value is 0.540. The first-order chi connectivity index (χ1) is 5.57. The summed E-state index contributed by atoms with van der Waals surface area (Å²) in [5.41, 5.74) is -0.763. The van der Waals surface area contributed by atoms with Gasteiger partial charge in [-0.1, -0.05) is 0 Å². The highest BCUT2D eigenvalue weighted by atomic mass is 32.1. The topological polar surface area (TPSA) is 69.9 Å². The molecule has 0 amide bonds. The molecule has 0 aromatic carbocycles. The SMILES string of the molecule is OC1[C@H](O)C(S)OC(CS)[C@@H]1O. The quantitative estimate of drug-likeness (QED) is 0.349. The van der Waals surface area contributed by atoms with Gasteiger partial charge in [0.25, 0.3) is 0 Å². The second-order valence-electron chi connectivity index (χ2n) is 2.72. The smallest absolute Gasteiger partial charge is 0.129 e. The third-order valence-electron chi connectivity index (χ3n) is 1.87. The van der Waals surface area contributed by atoms with Crippen molar-refractivity contribution in [1.82, 2.24) is 0 Å². The monoisotopic (exact) mass is 212 g/mol. The summed E-state index contributed by atoms with van der Waals surface area (Å²) in [6.07, 6.45) is -4.03. The van der Waals surface area contributed by atoms with Crippen LogP contribution in [0.3, 0.4) is 0 Å². The van der Waals surface area contributed by atoms with Crippen molar-refractivity contribution in [2.75, 3.05) is 5.75 Å². The Balaban J connectivity index is 2.63. The molecule has 1 heterocycles. The maximum atomic E-state index is 9.31. The van der Waals surface area contributed by atoms with E-state index in [1.807, 2.05) is 0 Å². The van der Waals surface area contributed by atoms with Crippen molar-refractivity contribution in [3.63, 3.8) is 0 Å². The molecule has 6 heteroatoms. The molecule has 1 aliphatic rings. The number of aliphatic hydroxyl groups excluding tert-OH is 3. The van der Waals surface area contributed by atoms with Crippen molar-refractivity contribution in [1.29, 1.82) is 0 Å². The van der Waals surface area contributed by atoms with Crippen molar-refractivity contribution in [2.24, 2.45) is 0 Å². The third kappa shape index (κ3) is 1.89. The maximum absolute atomic E-state index is 9.31. The van der Waals surface area contributed by atoms with Crippen LogP contribution < -0.4 is 0 Å². The molecule has 1 rings (SSSR count). The fourth-order valence-electron chi connectivity index (χ4n) is 1.08. The Morgan fingerprint density at radius 3 is 2.17 bits per heavy atom. The highest BCUT2D eigenvalue weighted by Gasteiger charge is 2.41. The largest absolute Gasteiger partial charge is 0.388 e. The van der Waals surface area contributed by atoms with E-state index in [1.54, 1.807) is 0 Å². The van der Waals surface area contributed by atoms with E-state index in [0.717, 1.165) is 0 Å². The number of hydrogen-bond donors (Lipinski definition) is 5. The lowest BCUT2D eigenvalue weighted by atomic mass is 10.0. The first kappa shape index (κ1) is 10.6. The minimum Gasteiger partial charge on any atom is -0.388 e. The molecule has 1 aliphatic heterocycles. The number of ether oxygens (including phenoxy) is 1. The van der Waals surface area contributed by atoms with E-state index in [1.165, 1.54) is 0 Å². The van der Waals surface area contributed by atoms with Crippen molar-refractivity contribution < 1.29 is 20.1 Å². The van der Waals surface area contributed by atoms with E-state index < -0.39 is 29.9 Å². The molecule has 0 saturated carbocycles. The Morgan fingerprint density at radius 1 is 1.08 bits per heavy atom. The van der Waals surface area contributed by atoms with E-state index in [2.05, 4.69) is 25.3 Å². The standard InChI is InChI=1S/C6H12O4S2/c7-3-2(1-11)10-6(12)5(9)4(3)8/h2-9,11-12H,1H2/t2?,3-,4?,5-,6?/m0/s1. The van der Waals surface area contributed by atoms with Gasteiger partial charge in [-0.2, -0.15) is 12.6 Å².